The Balaban J connectivity index is 2.61. The Hall–Kier alpha value is 0.260. The van der Waals surface area contributed by atoms with Crippen LogP contribution in [0.15, 0.2) is 10.5 Å². The van der Waals surface area contributed by atoms with E-state index in [4.69, 9.17) is 11.6 Å². The van der Waals surface area contributed by atoms with Gasteiger partial charge in [0.2, 0.25) is 0 Å². The summed E-state index contributed by atoms with van der Waals surface area (Å²) in [5.74, 6) is 0. The monoisotopic (exact) mass is 320 g/mol. The molecule has 6 heteroatoms. The molecule has 86 valence electrons. The summed E-state index contributed by atoms with van der Waals surface area (Å²) in [5, 5.41) is -0.570. The predicted molar refractivity (Wildman–Crippen MR) is 60.6 cm³/mol. The van der Waals surface area contributed by atoms with Crippen LogP contribution in [0.25, 0.3) is 0 Å². The topological polar surface area (TPSA) is 0 Å². The summed E-state index contributed by atoms with van der Waals surface area (Å²) in [7, 11) is 0. The molecule has 0 amide bonds. The lowest BCUT2D eigenvalue weighted by Crippen LogP contribution is -2.07. The first-order valence-corrected chi connectivity index (χ1v) is 6.31. The number of hydrogen-bond acceptors (Lipinski definition) is 1. The van der Waals surface area contributed by atoms with Crippen molar-refractivity contribution < 1.29 is 13.2 Å². The third-order valence-electron chi connectivity index (χ3n) is 1.80. The molecule has 0 saturated carbocycles. The number of hydrogen-bond donors (Lipinski definition) is 0. The van der Waals surface area contributed by atoms with Gasteiger partial charge in [0.25, 0.3) is 0 Å². The van der Waals surface area contributed by atoms with Gasteiger partial charge in [-0.1, -0.05) is 0 Å². The van der Waals surface area contributed by atoms with Gasteiger partial charge in [0.1, 0.15) is 0 Å². The number of rotatable bonds is 3. The molecule has 0 aliphatic heterocycles. The fraction of sp³-hybridized carbons (Fsp3) is 0.556. The molecule has 1 rings (SSSR count). The first-order valence-electron chi connectivity index (χ1n) is 4.26. The van der Waals surface area contributed by atoms with Gasteiger partial charge in [0, 0.05) is 20.6 Å². The van der Waals surface area contributed by atoms with Crippen molar-refractivity contribution in [3.05, 3.63) is 20.3 Å². The van der Waals surface area contributed by atoms with Crippen LogP contribution in [-0.2, 0) is 0 Å². The van der Waals surface area contributed by atoms with Gasteiger partial charge in [-0.2, -0.15) is 13.2 Å². The molecule has 0 aliphatic rings. The van der Waals surface area contributed by atoms with Gasteiger partial charge in [0.05, 0.1) is 5.38 Å². The van der Waals surface area contributed by atoms with Gasteiger partial charge >= 0.3 is 6.18 Å². The number of aryl methyl sites for hydroxylation is 1. The summed E-state index contributed by atoms with van der Waals surface area (Å²) in [6, 6.07) is 1.86. The highest BCUT2D eigenvalue weighted by Gasteiger charge is 2.29. The normalized spacial score (nSPS) is 14.3. The second kappa shape index (κ2) is 5.06. The Morgan fingerprint density at radius 3 is 2.53 bits per heavy atom. The van der Waals surface area contributed by atoms with E-state index >= 15 is 0 Å². The van der Waals surface area contributed by atoms with Crippen LogP contribution < -0.4 is 0 Å². The van der Waals surface area contributed by atoms with Crippen LogP contribution in [0.3, 0.4) is 0 Å². The third-order valence-corrected chi connectivity index (χ3v) is 4.45. The molecule has 0 spiro atoms. The summed E-state index contributed by atoms with van der Waals surface area (Å²) in [6.07, 6.45) is -5.06. The quantitative estimate of drug-likeness (QED) is 0.650. The molecule has 0 saturated heterocycles. The Bertz CT molecular complexity index is 335. The number of halogens is 5. The van der Waals surface area contributed by atoms with Crippen LogP contribution in [-0.4, -0.2) is 6.18 Å². The Labute approximate surface area is 104 Å². The summed E-state index contributed by atoms with van der Waals surface area (Å²) in [5.41, 5.74) is 0. The van der Waals surface area contributed by atoms with Gasteiger partial charge in [0.15, 0.2) is 0 Å². The summed E-state index contributed by atoms with van der Waals surface area (Å²) in [4.78, 5) is 1.81. The molecular weight excluding hydrogens is 313 g/mol. The zero-order chi connectivity index (χ0) is 11.6. The average molecular weight is 322 g/mol. The Morgan fingerprint density at radius 1 is 1.53 bits per heavy atom. The maximum absolute atomic E-state index is 12.0. The zero-order valence-electron chi connectivity index (χ0n) is 7.87. The van der Waals surface area contributed by atoms with Crippen LogP contribution in [0.2, 0.25) is 0 Å². The third kappa shape index (κ3) is 4.33. The molecule has 1 heterocycles. The molecule has 0 N–H and O–H groups in total. The highest BCUT2D eigenvalue weighted by molar-refractivity contribution is 9.10. The van der Waals surface area contributed by atoms with Crippen molar-refractivity contribution in [2.75, 3.05) is 0 Å². The fourth-order valence-electron chi connectivity index (χ4n) is 1.14. The van der Waals surface area contributed by atoms with Crippen LogP contribution in [0.5, 0.6) is 0 Å². The molecule has 0 fully saturated rings. The Morgan fingerprint density at radius 2 is 2.13 bits per heavy atom. The second-order valence-corrected chi connectivity index (χ2v) is 5.86. The largest absolute Gasteiger partial charge is 0.389 e. The van der Waals surface area contributed by atoms with Crippen molar-refractivity contribution in [2.24, 2.45) is 0 Å². The highest BCUT2D eigenvalue weighted by atomic mass is 79.9. The van der Waals surface area contributed by atoms with Crippen LogP contribution >= 0.6 is 38.9 Å². The molecule has 1 atom stereocenters. The van der Waals surface area contributed by atoms with Crippen LogP contribution in [0, 0.1) is 6.92 Å². The van der Waals surface area contributed by atoms with Crippen molar-refractivity contribution in [1.82, 2.24) is 0 Å². The molecule has 1 aromatic heterocycles. The van der Waals surface area contributed by atoms with E-state index in [0.717, 1.165) is 14.2 Å². The van der Waals surface area contributed by atoms with Crippen molar-refractivity contribution in [3.63, 3.8) is 0 Å². The molecule has 0 aromatic carbocycles. The summed E-state index contributed by atoms with van der Waals surface area (Å²) < 4.78 is 36.7. The predicted octanol–water partition coefficient (Wildman–Crippen LogP) is 5.44. The lowest BCUT2D eigenvalue weighted by molar-refractivity contribution is -0.135. The minimum absolute atomic E-state index is 0.0798. The Kier molecular flexibility index (Phi) is 4.50. The first-order chi connectivity index (χ1) is 6.79. The molecule has 0 nitrogen and oxygen atoms in total. The lowest BCUT2D eigenvalue weighted by atomic mass is 10.2. The lowest BCUT2D eigenvalue weighted by Gasteiger charge is -2.10. The van der Waals surface area contributed by atoms with Gasteiger partial charge in [-0.15, -0.1) is 22.9 Å². The highest BCUT2D eigenvalue weighted by Crippen LogP contribution is 2.39. The maximum atomic E-state index is 12.0. The van der Waals surface area contributed by atoms with Gasteiger partial charge in [-0.25, -0.2) is 0 Å². The van der Waals surface area contributed by atoms with Crippen molar-refractivity contribution in [2.45, 2.75) is 31.3 Å². The van der Waals surface area contributed by atoms with E-state index in [-0.39, 0.29) is 6.42 Å². The SMILES string of the molecule is Cc1cc(Br)c(C(Cl)CCC(F)(F)F)s1. The molecule has 0 bridgehead atoms. The van der Waals surface area contributed by atoms with E-state index in [0.29, 0.717) is 0 Å². The molecular formula is C9H9BrClF3S. The summed E-state index contributed by atoms with van der Waals surface area (Å²) >= 11 is 10.6. The van der Waals surface area contributed by atoms with Crippen molar-refractivity contribution >= 4 is 38.9 Å². The second-order valence-electron chi connectivity index (χ2n) is 3.19. The average Bonchev–Trinajstić information content (AvgIpc) is 2.40. The van der Waals surface area contributed by atoms with Crippen molar-refractivity contribution in [3.8, 4) is 0 Å². The van der Waals surface area contributed by atoms with E-state index in [1.807, 2.05) is 13.0 Å². The maximum Gasteiger partial charge on any atom is 0.389 e. The minimum Gasteiger partial charge on any atom is -0.171 e. The van der Waals surface area contributed by atoms with Crippen LogP contribution in [0.4, 0.5) is 13.2 Å². The zero-order valence-corrected chi connectivity index (χ0v) is 11.0. The van der Waals surface area contributed by atoms with Crippen LogP contribution in [0.1, 0.15) is 28.0 Å². The number of alkyl halides is 4. The first kappa shape index (κ1) is 13.3. The van der Waals surface area contributed by atoms with Gasteiger partial charge in [-0.3, -0.25) is 0 Å². The number of thiophene rings is 1. The summed E-state index contributed by atoms with van der Waals surface area (Å²) in [6.45, 7) is 1.90. The van der Waals surface area contributed by atoms with Crippen molar-refractivity contribution in [1.29, 1.82) is 0 Å². The molecule has 0 aliphatic carbocycles. The molecule has 1 unspecified atom stereocenters. The smallest absolute Gasteiger partial charge is 0.171 e. The van der Waals surface area contributed by atoms with E-state index in [2.05, 4.69) is 15.9 Å². The standard InChI is InChI=1S/C9H9BrClF3S/c1-5-4-6(10)8(15-5)7(11)2-3-9(12,13)14/h4,7H,2-3H2,1H3. The fourth-order valence-corrected chi connectivity index (χ4v) is 3.57. The molecule has 15 heavy (non-hydrogen) atoms. The van der Waals surface area contributed by atoms with Gasteiger partial charge < -0.3 is 0 Å². The molecule has 0 radical (unpaired) electrons. The van der Waals surface area contributed by atoms with E-state index in [1.165, 1.54) is 11.3 Å². The minimum atomic E-state index is -4.13. The van der Waals surface area contributed by atoms with E-state index < -0.39 is 18.0 Å². The van der Waals surface area contributed by atoms with E-state index in [9.17, 15) is 13.2 Å². The molecule has 1 aromatic rings. The van der Waals surface area contributed by atoms with E-state index in [1.54, 1.807) is 0 Å². The van der Waals surface area contributed by atoms with Gasteiger partial charge in [-0.05, 0) is 35.3 Å².